The number of carbonyl (C=O) groups is 1. The zero-order valence-corrected chi connectivity index (χ0v) is 18.7. The van der Waals surface area contributed by atoms with Crippen LogP contribution in [0.4, 0.5) is 5.69 Å². The molecule has 0 aromatic heterocycles. The minimum absolute atomic E-state index is 0.345. The molecule has 0 heterocycles. The summed E-state index contributed by atoms with van der Waals surface area (Å²) in [5.74, 6) is -0.508. The monoisotopic (exact) mass is 435 g/mol. The Kier molecular flexibility index (Phi) is 5.54. The van der Waals surface area contributed by atoms with E-state index in [9.17, 15) is 13.2 Å². The van der Waals surface area contributed by atoms with Gasteiger partial charge in [-0.15, -0.1) is 0 Å². The topological polar surface area (TPSA) is 78.8 Å². The number of hydrogen-bond donors (Lipinski definition) is 1. The third-order valence-corrected chi connectivity index (χ3v) is 6.91. The van der Waals surface area contributed by atoms with Crippen LogP contribution < -0.4 is 9.73 Å². The van der Waals surface area contributed by atoms with Gasteiger partial charge >= 0.3 is 0 Å². The summed E-state index contributed by atoms with van der Waals surface area (Å²) in [5, 5.41) is 6.47. The Morgan fingerprint density at radius 2 is 1.81 bits per heavy atom. The van der Waals surface area contributed by atoms with Crippen molar-refractivity contribution >= 4 is 38.6 Å². The summed E-state index contributed by atoms with van der Waals surface area (Å²) in [6.07, 6.45) is 4.79. The summed E-state index contributed by atoms with van der Waals surface area (Å²) < 4.78 is 25.7. The lowest BCUT2D eigenvalue weighted by Crippen LogP contribution is -2.39. The van der Waals surface area contributed by atoms with Crippen LogP contribution in [0, 0.1) is 13.8 Å². The molecule has 6 nitrogen and oxygen atoms in total. The molecule has 1 aliphatic rings. The highest BCUT2D eigenvalue weighted by Crippen LogP contribution is 2.32. The van der Waals surface area contributed by atoms with Crippen LogP contribution in [0.1, 0.15) is 27.8 Å². The zero-order chi connectivity index (χ0) is 22.2. The van der Waals surface area contributed by atoms with Crippen LogP contribution in [0.15, 0.2) is 53.6 Å². The molecule has 0 atom stereocenters. The van der Waals surface area contributed by atoms with Gasteiger partial charge in [-0.3, -0.25) is 9.10 Å². The van der Waals surface area contributed by atoms with E-state index < -0.39 is 15.9 Å². The third kappa shape index (κ3) is 4.32. The maximum absolute atomic E-state index is 12.5. The maximum Gasteiger partial charge on any atom is 0.260 e. The number of aryl methyl sites for hydroxylation is 4. The molecule has 4 rings (SSSR count). The molecule has 0 saturated carbocycles. The fourth-order valence-corrected chi connectivity index (χ4v) is 4.85. The lowest BCUT2D eigenvalue weighted by Gasteiger charge is -2.22. The standard InChI is InChI=1S/C24H25N3O3S/c1-16-7-12-21(13-17(16)2)27(31(3,29)30)15-23(28)26-25-14-20-11-10-19-9-8-18-5-4-6-22(20)24(18)19/h4-7,10-14H,8-9,15H2,1-3H3,(H,26,28)/b25-14-. The van der Waals surface area contributed by atoms with Gasteiger partial charge in [0.1, 0.15) is 6.54 Å². The number of carbonyl (C=O) groups excluding carboxylic acids is 1. The number of sulfonamides is 1. The van der Waals surface area contributed by atoms with Crippen molar-refractivity contribution < 1.29 is 13.2 Å². The molecule has 1 amide bonds. The summed E-state index contributed by atoms with van der Waals surface area (Å²) in [5.41, 5.74) is 8.51. The van der Waals surface area contributed by atoms with E-state index in [1.807, 2.05) is 32.0 Å². The second kappa shape index (κ2) is 8.15. The fourth-order valence-electron chi connectivity index (χ4n) is 4.00. The number of amides is 1. The van der Waals surface area contributed by atoms with Gasteiger partial charge in [-0.05, 0) is 71.8 Å². The number of nitrogens with one attached hydrogen (secondary N) is 1. The average molecular weight is 436 g/mol. The van der Waals surface area contributed by atoms with Crippen molar-refractivity contribution in [3.63, 3.8) is 0 Å². The quantitative estimate of drug-likeness (QED) is 0.476. The largest absolute Gasteiger partial charge is 0.271 e. The van der Waals surface area contributed by atoms with Crippen molar-refractivity contribution in [2.24, 2.45) is 5.10 Å². The molecule has 0 fully saturated rings. The van der Waals surface area contributed by atoms with Gasteiger partial charge in [0.05, 0.1) is 18.2 Å². The first-order valence-corrected chi connectivity index (χ1v) is 12.0. The molecule has 160 valence electrons. The zero-order valence-electron chi connectivity index (χ0n) is 17.8. The Morgan fingerprint density at radius 3 is 2.52 bits per heavy atom. The summed E-state index contributed by atoms with van der Waals surface area (Å²) in [6, 6.07) is 15.7. The Bertz CT molecular complexity index is 1300. The number of benzene rings is 3. The Balaban J connectivity index is 1.51. The van der Waals surface area contributed by atoms with E-state index in [1.54, 1.807) is 18.3 Å². The highest BCUT2D eigenvalue weighted by molar-refractivity contribution is 7.92. The molecule has 1 aliphatic carbocycles. The van der Waals surface area contributed by atoms with Crippen LogP contribution in [0.2, 0.25) is 0 Å². The van der Waals surface area contributed by atoms with E-state index in [2.05, 4.69) is 28.7 Å². The number of anilines is 1. The molecule has 0 aliphatic heterocycles. The predicted octanol–water partition coefficient (Wildman–Crippen LogP) is 3.47. The van der Waals surface area contributed by atoms with Crippen molar-refractivity contribution in [3.05, 3.63) is 76.3 Å². The molecular formula is C24H25N3O3S. The van der Waals surface area contributed by atoms with E-state index >= 15 is 0 Å². The number of hydrogen-bond acceptors (Lipinski definition) is 4. The van der Waals surface area contributed by atoms with Gasteiger partial charge < -0.3 is 0 Å². The van der Waals surface area contributed by atoms with E-state index in [-0.39, 0.29) is 6.54 Å². The predicted molar refractivity (Wildman–Crippen MR) is 125 cm³/mol. The van der Waals surface area contributed by atoms with Crippen LogP contribution in [-0.4, -0.2) is 33.3 Å². The molecule has 3 aromatic rings. The van der Waals surface area contributed by atoms with E-state index in [1.165, 1.54) is 16.5 Å². The van der Waals surface area contributed by atoms with Gasteiger partial charge in [-0.1, -0.05) is 36.4 Å². The van der Waals surface area contributed by atoms with Crippen LogP contribution >= 0.6 is 0 Å². The van der Waals surface area contributed by atoms with E-state index in [4.69, 9.17) is 0 Å². The van der Waals surface area contributed by atoms with Crippen LogP contribution in [-0.2, 0) is 27.7 Å². The molecule has 3 aromatic carbocycles. The minimum atomic E-state index is -3.63. The van der Waals surface area contributed by atoms with Gasteiger partial charge in [-0.2, -0.15) is 5.10 Å². The second-order valence-corrected chi connectivity index (χ2v) is 9.89. The van der Waals surface area contributed by atoms with Gasteiger partial charge in [-0.25, -0.2) is 13.8 Å². The molecule has 1 N–H and O–H groups in total. The smallest absolute Gasteiger partial charge is 0.260 e. The summed E-state index contributed by atoms with van der Waals surface area (Å²) in [7, 11) is -3.63. The first kappa shape index (κ1) is 21.1. The normalized spacial score (nSPS) is 13.1. The van der Waals surface area contributed by atoms with Gasteiger partial charge in [0.2, 0.25) is 10.0 Å². The third-order valence-electron chi connectivity index (χ3n) is 5.77. The lowest BCUT2D eigenvalue weighted by atomic mass is 10.0. The maximum atomic E-state index is 12.5. The Labute approximate surface area is 182 Å². The number of rotatable bonds is 6. The summed E-state index contributed by atoms with van der Waals surface area (Å²) in [6.45, 7) is 3.51. The van der Waals surface area contributed by atoms with Crippen LogP contribution in [0.25, 0.3) is 10.8 Å². The molecule has 0 saturated heterocycles. The van der Waals surface area contributed by atoms with Crippen LogP contribution in [0.3, 0.4) is 0 Å². The van der Waals surface area contributed by atoms with E-state index in [0.29, 0.717) is 5.69 Å². The summed E-state index contributed by atoms with van der Waals surface area (Å²) >= 11 is 0. The molecular weight excluding hydrogens is 410 g/mol. The lowest BCUT2D eigenvalue weighted by molar-refractivity contribution is -0.119. The second-order valence-electron chi connectivity index (χ2n) is 7.98. The molecule has 0 radical (unpaired) electrons. The molecule has 0 unspecified atom stereocenters. The Morgan fingerprint density at radius 1 is 1.06 bits per heavy atom. The van der Waals surface area contributed by atoms with Crippen LogP contribution in [0.5, 0.6) is 0 Å². The van der Waals surface area contributed by atoms with Crippen molar-refractivity contribution in [1.82, 2.24) is 5.43 Å². The number of nitrogens with zero attached hydrogens (tertiary/aromatic N) is 2. The number of hydrazone groups is 1. The van der Waals surface area contributed by atoms with Gasteiger partial charge in [0.25, 0.3) is 5.91 Å². The molecule has 0 bridgehead atoms. The fraction of sp³-hybridized carbons (Fsp3) is 0.250. The minimum Gasteiger partial charge on any atom is -0.271 e. The Hall–Kier alpha value is -3.19. The SMILES string of the molecule is Cc1ccc(N(CC(=O)N/N=C\c2ccc3c4c(cccc24)CC3)S(C)(=O)=O)cc1C. The van der Waals surface area contributed by atoms with Crippen molar-refractivity contribution in [1.29, 1.82) is 0 Å². The highest BCUT2D eigenvalue weighted by Gasteiger charge is 2.21. The average Bonchev–Trinajstić information content (AvgIpc) is 3.14. The van der Waals surface area contributed by atoms with E-state index in [0.717, 1.165) is 45.5 Å². The molecule has 7 heteroatoms. The van der Waals surface area contributed by atoms with Crippen molar-refractivity contribution in [2.45, 2.75) is 26.7 Å². The summed E-state index contributed by atoms with van der Waals surface area (Å²) in [4.78, 5) is 12.5. The van der Waals surface area contributed by atoms with Crippen molar-refractivity contribution in [3.8, 4) is 0 Å². The molecule has 0 spiro atoms. The van der Waals surface area contributed by atoms with Gasteiger partial charge in [0.15, 0.2) is 0 Å². The van der Waals surface area contributed by atoms with Gasteiger partial charge in [0, 0.05) is 5.56 Å². The molecule has 31 heavy (non-hydrogen) atoms. The van der Waals surface area contributed by atoms with Crippen molar-refractivity contribution in [2.75, 3.05) is 17.1 Å². The first-order chi connectivity index (χ1) is 14.7. The first-order valence-electron chi connectivity index (χ1n) is 10.1. The highest BCUT2D eigenvalue weighted by atomic mass is 32.2.